The molecule has 0 fully saturated rings. The first-order valence-corrected chi connectivity index (χ1v) is 6.99. The van der Waals surface area contributed by atoms with Crippen LogP contribution in [-0.4, -0.2) is 10.9 Å². The molecule has 0 radical (unpaired) electrons. The van der Waals surface area contributed by atoms with Crippen molar-refractivity contribution in [3.05, 3.63) is 59.4 Å². The van der Waals surface area contributed by atoms with Crippen molar-refractivity contribution in [1.82, 2.24) is 4.98 Å². The molecule has 1 aromatic heterocycles. The van der Waals surface area contributed by atoms with E-state index in [-0.39, 0.29) is 0 Å². The second kappa shape index (κ2) is 7.57. The van der Waals surface area contributed by atoms with Gasteiger partial charge < -0.3 is 4.74 Å². The maximum Gasteiger partial charge on any atom is 0.121 e. The van der Waals surface area contributed by atoms with Gasteiger partial charge in [0.25, 0.3) is 0 Å². The number of ether oxygens (including phenoxy) is 1. The maximum absolute atomic E-state index is 5.76. The molecule has 2 nitrogen and oxygen atoms in total. The molecule has 0 saturated heterocycles. The van der Waals surface area contributed by atoms with Crippen LogP contribution >= 0.6 is 11.6 Å². The molecule has 0 N–H and O–H groups in total. The molecule has 1 heterocycles. The van der Waals surface area contributed by atoms with Crippen LogP contribution in [-0.2, 0) is 6.61 Å². The molecule has 0 aliphatic rings. The average Bonchev–Trinajstić information content (AvgIpc) is 2.46. The summed E-state index contributed by atoms with van der Waals surface area (Å²) in [6.07, 6.45) is 4.34. The third kappa shape index (κ3) is 4.60. The van der Waals surface area contributed by atoms with Crippen LogP contribution in [0.25, 0.3) is 0 Å². The monoisotopic (exact) mass is 285 g/mol. The first-order chi connectivity index (χ1) is 9.78. The molecule has 2 aromatic rings. The van der Waals surface area contributed by atoms with Crippen LogP contribution in [0, 0.1) is 18.8 Å². The molecule has 0 bridgehead atoms. The van der Waals surface area contributed by atoms with Gasteiger partial charge in [0.1, 0.15) is 12.4 Å². The smallest absolute Gasteiger partial charge is 0.121 e. The molecule has 0 amide bonds. The van der Waals surface area contributed by atoms with Crippen molar-refractivity contribution in [1.29, 1.82) is 0 Å². The lowest BCUT2D eigenvalue weighted by atomic mass is 10.2. The van der Waals surface area contributed by atoms with E-state index in [1.807, 2.05) is 43.6 Å². The predicted octanol–water partition coefficient (Wildman–Crippen LogP) is 3.95. The van der Waals surface area contributed by atoms with Crippen LogP contribution < -0.4 is 4.74 Å². The van der Waals surface area contributed by atoms with E-state index in [2.05, 4.69) is 22.9 Å². The Hall–Kier alpha value is -1.98. The first kappa shape index (κ1) is 14.4. The zero-order chi connectivity index (χ0) is 14.2. The van der Waals surface area contributed by atoms with Gasteiger partial charge in [-0.3, -0.25) is 4.98 Å². The van der Waals surface area contributed by atoms with Crippen LogP contribution in [0.2, 0.25) is 0 Å². The molecule has 3 heteroatoms. The van der Waals surface area contributed by atoms with Crippen LogP contribution in [0.4, 0.5) is 0 Å². The summed E-state index contributed by atoms with van der Waals surface area (Å²) in [7, 11) is 0. The van der Waals surface area contributed by atoms with E-state index < -0.39 is 0 Å². The van der Waals surface area contributed by atoms with E-state index in [9.17, 15) is 0 Å². The summed E-state index contributed by atoms with van der Waals surface area (Å²) in [6, 6.07) is 9.83. The number of pyridine rings is 1. The van der Waals surface area contributed by atoms with Gasteiger partial charge in [-0.05, 0) is 36.8 Å². The molecule has 0 atom stereocenters. The number of aromatic nitrogens is 1. The summed E-state index contributed by atoms with van der Waals surface area (Å²) < 4.78 is 5.76. The lowest BCUT2D eigenvalue weighted by Crippen LogP contribution is -1.96. The fraction of sp³-hybridized carbons (Fsp3) is 0.235. The summed E-state index contributed by atoms with van der Waals surface area (Å²) in [5.74, 6) is 7.45. The minimum atomic E-state index is 0.507. The van der Waals surface area contributed by atoms with E-state index in [0.717, 1.165) is 22.4 Å². The largest absolute Gasteiger partial charge is 0.489 e. The van der Waals surface area contributed by atoms with Crippen molar-refractivity contribution in [2.24, 2.45) is 0 Å². The van der Waals surface area contributed by atoms with Gasteiger partial charge in [0.05, 0.1) is 0 Å². The molecule has 0 aliphatic carbocycles. The van der Waals surface area contributed by atoms with Gasteiger partial charge in [-0.25, -0.2) is 0 Å². The second-order valence-electron chi connectivity index (χ2n) is 4.43. The van der Waals surface area contributed by atoms with E-state index in [1.54, 1.807) is 0 Å². The second-order valence-corrected chi connectivity index (χ2v) is 4.81. The Bertz CT molecular complexity index is 628. The van der Waals surface area contributed by atoms with E-state index in [4.69, 9.17) is 16.3 Å². The third-order valence-corrected chi connectivity index (χ3v) is 2.81. The summed E-state index contributed by atoms with van der Waals surface area (Å²) >= 11 is 5.60. The van der Waals surface area contributed by atoms with Crippen LogP contribution in [0.1, 0.15) is 23.1 Å². The highest BCUT2D eigenvalue weighted by atomic mass is 35.5. The first-order valence-electron chi connectivity index (χ1n) is 6.46. The number of aryl methyl sites for hydroxylation is 1. The highest BCUT2D eigenvalue weighted by Gasteiger charge is 1.98. The lowest BCUT2D eigenvalue weighted by Gasteiger charge is -2.06. The molecular weight excluding hydrogens is 270 g/mol. The van der Waals surface area contributed by atoms with Gasteiger partial charge in [0, 0.05) is 35.8 Å². The molecule has 102 valence electrons. The van der Waals surface area contributed by atoms with Gasteiger partial charge >= 0.3 is 0 Å². The number of hydrogen-bond donors (Lipinski definition) is 0. The third-order valence-electron chi connectivity index (χ3n) is 2.62. The van der Waals surface area contributed by atoms with Crippen molar-refractivity contribution in [2.45, 2.75) is 20.0 Å². The summed E-state index contributed by atoms with van der Waals surface area (Å²) in [4.78, 5) is 4.15. The van der Waals surface area contributed by atoms with Crippen LogP contribution in [0.3, 0.4) is 0 Å². The Morgan fingerprint density at radius 1 is 1.25 bits per heavy atom. The number of nitrogens with zero attached hydrogens (tertiary/aromatic N) is 1. The van der Waals surface area contributed by atoms with Crippen molar-refractivity contribution < 1.29 is 4.74 Å². The number of rotatable bonds is 4. The fourth-order valence-electron chi connectivity index (χ4n) is 1.74. The molecule has 2 rings (SSSR count). The molecule has 0 saturated carbocycles. The molecule has 20 heavy (non-hydrogen) atoms. The van der Waals surface area contributed by atoms with Crippen molar-refractivity contribution in [3.8, 4) is 17.6 Å². The van der Waals surface area contributed by atoms with E-state index in [0.29, 0.717) is 18.9 Å². The maximum atomic E-state index is 5.76. The number of benzene rings is 1. The quantitative estimate of drug-likeness (QED) is 0.627. The normalized spacial score (nSPS) is 9.70. The number of hydrogen-bond acceptors (Lipinski definition) is 2. The molecule has 0 aliphatic heterocycles. The van der Waals surface area contributed by atoms with E-state index in [1.165, 1.54) is 0 Å². The Balaban J connectivity index is 2.00. The highest BCUT2D eigenvalue weighted by Crippen LogP contribution is 2.14. The lowest BCUT2D eigenvalue weighted by molar-refractivity contribution is 0.305. The average molecular weight is 286 g/mol. The van der Waals surface area contributed by atoms with Crippen LogP contribution in [0.15, 0.2) is 42.7 Å². The van der Waals surface area contributed by atoms with Crippen LogP contribution in [0.5, 0.6) is 5.75 Å². The number of halogens is 1. The van der Waals surface area contributed by atoms with Crippen molar-refractivity contribution >= 4 is 11.6 Å². The Morgan fingerprint density at radius 3 is 2.95 bits per heavy atom. The van der Waals surface area contributed by atoms with Gasteiger partial charge in [-0.15, -0.1) is 11.6 Å². The minimum Gasteiger partial charge on any atom is -0.489 e. The highest BCUT2D eigenvalue weighted by molar-refractivity contribution is 6.18. The molecule has 0 unspecified atom stereocenters. The summed E-state index contributed by atoms with van der Waals surface area (Å²) in [6.45, 7) is 2.52. The minimum absolute atomic E-state index is 0.507. The summed E-state index contributed by atoms with van der Waals surface area (Å²) in [5, 5.41) is 0. The van der Waals surface area contributed by atoms with E-state index >= 15 is 0 Å². The Labute approximate surface area is 124 Å². The Kier molecular flexibility index (Phi) is 5.46. The zero-order valence-corrected chi connectivity index (χ0v) is 12.2. The molecule has 0 spiro atoms. The van der Waals surface area contributed by atoms with Gasteiger partial charge in [0.15, 0.2) is 0 Å². The van der Waals surface area contributed by atoms with Gasteiger partial charge in [-0.2, -0.15) is 0 Å². The topological polar surface area (TPSA) is 22.1 Å². The standard InChI is InChI=1S/C17H16ClNO/c1-14-9-16(12-19-11-14)13-20-17-7-4-6-15(10-17)5-2-3-8-18/h4,6-7,9-12H,3,8,13H2,1H3. The zero-order valence-electron chi connectivity index (χ0n) is 11.4. The summed E-state index contributed by atoms with van der Waals surface area (Å²) in [5.41, 5.74) is 3.13. The van der Waals surface area contributed by atoms with Crippen molar-refractivity contribution in [2.75, 3.05) is 5.88 Å². The number of alkyl halides is 1. The predicted molar refractivity (Wildman–Crippen MR) is 82.0 cm³/mol. The SMILES string of the molecule is Cc1cncc(COc2cccc(C#CCCCl)c2)c1. The Morgan fingerprint density at radius 2 is 2.15 bits per heavy atom. The molecular formula is C17H16ClNO. The fourth-order valence-corrected chi connectivity index (χ4v) is 1.83. The molecule has 1 aromatic carbocycles. The van der Waals surface area contributed by atoms with Gasteiger partial charge in [0.2, 0.25) is 0 Å². The van der Waals surface area contributed by atoms with Crippen molar-refractivity contribution in [3.63, 3.8) is 0 Å². The van der Waals surface area contributed by atoms with Gasteiger partial charge in [-0.1, -0.05) is 17.9 Å².